The molecule has 4 nitrogen and oxygen atoms in total. The predicted molar refractivity (Wildman–Crippen MR) is 274 cm³/mol. The van der Waals surface area contributed by atoms with Crippen molar-refractivity contribution in [3.63, 3.8) is 0 Å². The van der Waals surface area contributed by atoms with E-state index in [4.69, 9.17) is 0 Å². The number of rotatable bonds is 6. The van der Waals surface area contributed by atoms with Crippen LogP contribution in [0.1, 0.15) is 33.4 Å². The Morgan fingerprint density at radius 3 is 1.36 bits per heavy atom. The molecule has 0 radical (unpaired) electrons. The Morgan fingerprint density at radius 1 is 0.313 bits per heavy atom. The van der Waals surface area contributed by atoms with Gasteiger partial charge in [-0.05, 0) is 162 Å². The standard InChI is InChI=1S/C63H38N4/c64-39-41-20-26-47(27-21-41)66(49-30-24-43-10-1-3-12-45(43)36-49)51-32-33-54-55-34-35-61(67(48-28-22-42(40-65)23-29-48)50-31-25-44-11-2-4-13-46(44)37-50)56-16-9-19-59(62(55)56)63(60(54)38-51)57-17-7-5-14-52(57)53-15-6-8-18-58(53)63/h1-38H. The zero-order chi connectivity index (χ0) is 44.6. The molecule has 2 aliphatic carbocycles. The third kappa shape index (κ3) is 5.71. The van der Waals surface area contributed by atoms with Gasteiger partial charge in [0, 0.05) is 33.8 Å². The summed E-state index contributed by atoms with van der Waals surface area (Å²) in [4.78, 5) is 4.67. The van der Waals surface area contributed by atoms with E-state index in [0.717, 1.165) is 50.3 Å². The number of hydrogen-bond acceptors (Lipinski definition) is 4. The smallest absolute Gasteiger partial charge is 0.0991 e. The molecule has 0 aliphatic heterocycles. The molecular weight excluding hydrogens is 813 g/mol. The average molecular weight is 851 g/mol. The molecule has 0 aromatic heterocycles. The van der Waals surface area contributed by atoms with Gasteiger partial charge in [-0.25, -0.2) is 0 Å². The number of benzene rings is 11. The molecule has 11 aromatic carbocycles. The van der Waals surface area contributed by atoms with Gasteiger partial charge < -0.3 is 9.80 Å². The monoisotopic (exact) mass is 850 g/mol. The van der Waals surface area contributed by atoms with Crippen molar-refractivity contribution in [1.29, 1.82) is 10.5 Å². The van der Waals surface area contributed by atoms with Crippen molar-refractivity contribution < 1.29 is 0 Å². The molecule has 0 heterocycles. The lowest BCUT2D eigenvalue weighted by atomic mass is 9.61. The van der Waals surface area contributed by atoms with Crippen LogP contribution in [-0.2, 0) is 5.41 Å². The van der Waals surface area contributed by atoms with Crippen molar-refractivity contribution in [3.05, 3.63) is 264 Å². The van der Waals surface area contributed by atoms with Crippen molar-refractivity contribution in [3.8, 4) is 34.4 Å². The van der Waals surface area contributed by atoms with Crippen LogP contribution in [0.25, 0.3) is 54.6 Å². The molecular formula is C63H38N4. The van der Waals surface area contributed by atoms with Crippen LogP contribution in [0.2, 0.25) is 0 Å². The highest BCUT2D eigenvalue weighted by Gasteiger charge is 2.50. The van der Waals surface area contributed by atoms with E-state index in [-0.39, 0.29) is 0 Å². The molecule has 1 spiro atoms. The van der Waals surface area contributed by atoms with Crippen LogP contribution in [0.5, 0.6) is 0 Å². The number of nitrogens with zero attached hydrogens (tertiary/aromatic N) is 4. The highest BCUT2D eigenvalue weighted by Crippen LogP contribution is 2.63. The first kappa shape index (κ1) is 38.3. The molecule has 0 bridgehead atoms. The molecule has 0 atom stereocenters. The van der Waals surface area contributed by atoms with E-state index in [1.54, 1.807) is 0 Å². The maximum absolute atomic E-state index is 9.82. The summed E-state index contributed by atoms with van der Waals surface area (Å²) in [5.74, 6) is 0. The second-order valence-corrected chi connectivity index (χ2v) is 17.5. The molecule has 0 saturated heterocycles. The van der Waals surface area contributed by atoms with Gasteiger partial charge in [-0.2, -0.15) is 10.5 Å². The first-order chi connectivity index (χ1) is 33.1. The van der Waals surface area contributed by atoms with E-state index in [0.29, 0.717) is 11.1 Å². The van der Waals surface area contributed by atoms with Crippen molar-refractivity contribution in [2.45, 2.75) is 5.41 Å². The molecule has 4 heteroatoms. The maximum Gasteiger partial charge on any atom is 0.0991 e. The molecule has 67 heavy (non-hydrogen) atoms. The SMILES string of the molecule is N#Cc1ccc(N(c2ccc3c(c2)C2(c4ccccc4-c4ccccc42)c2cccc4c(N(c5ccc(C#N)cc5)c5ccc6ccccc6c5)ccc-3c24)c2ccc3ccccc3c2)cc1. The third-order valence-electron chi connectivity index (χ3n) is 14.1. The van der Waals surface area contributed by atoms with Crippen molar-refractivity contribution in [2.75, 3.05) is 9.80 Å². The number of nitriles is 2. The van der Waals surface area contributed by atoms with Gasteiger partial charge in [0.25, 0.3) is 0 Å². The molecule has 0 amide bonds. The lowest BCUT2D eigenvalue weighted by molar-refractivity contribution is 0.773. The fraction of sp³-hybridized carbons (Fsp3) is 0.0159. The summed E-state index contributed by atoms with van der Waals surface area (Å²) in [7, 11) is 0. The molecule has 11 aromatic rings. The van der Waals surface area contributed by atoms with E-state index in [1.165, 1.54) is 60.7 Å². The minimum Gasteiger partial charge on any atom is -0.310 e. The first-order valence-corrected chi connectivity index (χ1v) is 22.6. The second-order valence-electron chi connectivity index (χ2n) is 17.5. The normalized spacial score (nSPS) is 12.6. The van der Waals surface area contributed by atoms with Crippen LogP contribution in [0.15, 0.2) is 231 Å². The Morgan fingerprint density at radius 2 is 0.761 bits per heavy atom. The predicted octanol–water partition coefficient (Wildman–Crippen LogP) is 16.2. The van der Waals surface area contributed by atoms with Crippen LogP contribution < -0.4 is 9.80 Å². The Labute approximate surface area is 388 Å². The maximum atomic E-state index is 9.82. The lowest BCUT2D eigenvalue weighted by Gasteiger charge is -2.41. The van der Waals surface area contributed by atoms with Crippen molar-refractivity contribution in [2.24, 2.45) is 0 Å². The average Bonchev–Trinajstić information content (AvgIpc) is 3.69. The number of fused-ring (bicyclic) bond motifs is 11. The zero-order valence-electron chi connectivity index (χ0n) is 36.2. The summed E-state index contributed by atoms with van der Waals surface area (Å²) >= 11 is 0. The summed E-state index contributed by atoms with van der Waals surface area (Å²) in [5, 5.41) is 26.7. The Kier molecular flexibility index (Phi) is 8.52. The molecule has 0 saturated carbocycles. The topological polar surface area (TPSA) is 54.1 Å². The minimum absolute atomic E-state index is 0.619. The van der Waals surface area contributed by atoms with Gasteiger partial charge in [0.2, 0.25) is 0 Å². The van der Waals surface area contributed by atoms with Gasteiger partial charge in [-0.3, -0.25) is 0 Å². The Balaban J connectivity index is 1.11. The highest BCUT2D eigenvalue weighted by atomic mass is 15.1. The quantitative estimate of drug-likeness (QED) is 0.167. The molecule has 0 unspecified atom stereocenters. The summed E-state index contributed by atoms with van der Waals surface area (Å²) in [6.07, 6.45) is 0. The lowest BCUT2D eigenvalue weighted by Crippen LogP contribution is -2.32. The van der Waals surface area contributed by atoms with Gasteiger partial charge in [0.05, 0.1) is 34.4 Å². The van der Waals surface area contributed by atoms with Crippen LogP contribution in [0.3, 0.4) is 0 Å². The summed E-state index contributed by atoms with van der Waals surface area (Å²) in [6.45, 7) is 0. The molecule has 310 valence electrons. The van der Waals surface area contributed by atoms with E-state index < -0.39 is 5.41 Å². The number of anilines is 6. The first-order valence-electron chi connectivity index (χ1n) is 22.6. The minimum atomic E-state index is -0.675. The second kappa shape index (κ2) is 14.9. The fourth-order valence-corrected chi connectivity index (χ4v) is 11.2. The highest BCUT2D eigenvalue weighted by molar-refractivity contribution is 6.13. The van der Waals surface area contributed by atoms with E-state index in [1.807, 2.05) is 24.3 Å². The number of hydrogen-bond donors (Lipinski definition) is 0. The van der Waals surface area contributed by atoms with Gasteiger partial charge in [0.1, 0.15) is 0 Å². The van der Waals surface area contributed by atoms with E-state index in [9.17, 15) is 10.5 Å². The van der Waals surface area contributed by atoms with E-state index >= 15 is 0 Å². The Hall–Kier alpha value is -9.22. The van der Waals surface area contributed by atoms with Crippen LogP contribution in [0, 0.1) is 22.7 Å². The summed E-state index contributed by atoms with van der Waals surface area (Å²) in [5.41, 5.74) is 16.4. The molecule has 2 aliphatic rings. The van der Waals surface area contributed by atoms with Gasteiger partial charge in [0.15, 0.2) is 0 Å². The van der Waals surface area contributed by atoms with Crippen molar-refractivity contribution in [1.82, 2.24) is 0 Å². The van der Waals surface area contributed by atoms with Gasteiger partial charge in [-0.1, -0.05) is 140 Å². The molecule has 0 fully saturated rings. The molecule has 0 N–H and O–H groups in total. The van der Waals surface area contributed by atoms with E-state index in [2.05, 4.69) is 228 Å². The van der Waals surface area contributed by atoms with Gasteiger partial charge in [-0.15, -0.1) is 0 Å². The van der Waals surface area contributed by atoms with Crippen molar-refractivity contribution >= 4 is 66.4 Å². The zero-order valence-corrected chi connectivity index (χ0v) is 36.2. The fourth-order valence-electron chi connectivity index (χ4n) is 11.2. The largest absolute Gasteiger partial charge is 0.310 e. The Bertz CT molecular complexity index is 3860. The third-order valence-corrected chi connectivity index (χ3v) is 14.1. The molecule has 13 rings (SSSR count). The van der Waals surface area contributed by atoms with Gasteiger partial charge >= 0.3 is 0 Å². The summed E-state index contributed by atoms with van der Waals surface area (Å²) < 4.78 is 0. The van der Waals surface area contributed by atoms with Crippen LogP contribution in [0.4, 0.5) is 34.1 Å². The van der Waals surface area contributed by atoms with Crippen LogP contribution >= 0.6 is 0 Å². The van der Waals surface area contributed by atoms with Crippen LogP contribution in [-0.4, -0.2) is 0 Å². The summed E-state index contributed by atoms with van der Waals surface area (Å²) in [6, 6.07) is 87.2.